The molecule has 7 heteroatoms. The van der Waals surface area contributed by atoms with E-state index < -0.39 is 0 Å². The Morgan fingerprint density at radius 1 is 0.941 bits per heavy atom. The van der Waals surface area contributed by atoms with Crippen LogP contribution in [0.25, 0.3) is 0 Å². The summed E-state index contributed by atoms with van der Waals surface area (Å²) in [7, 11) is 3.06. The zero-order chi connectivity index (χ0) is 24.7. The summed E-state index contributed by atoms with van der Waals surface area (Å²) in [4.78, 5) is 30.2. The average Bonchev–Trinajstić information content (AvgIpc) is 3.26. The van der Waals surface area contributed by atoms with Crippen LogP contribution in [-0.2, 0) is 17.9 Å². The number of furan rings is 1. The molecular weight excluding hydrogens is 432 g/mol. The molecule has 0 spiro atoms. The van der Waals surface area contributed by atoms with Crippen molar-refractivity contribution >= 4 is 11.8 Å². The number of amides is 2. The van der Waals surface area contributed by atoms with E-state index in [0.717, 1.165) is 11.3 Å². The number of hydrogen-bond acceptors (Lipinski definition) is 5. The van der Waals surface area contributed by atoms with Gasteiger partial charge in [-0.2, -0.15) is 0 Å². The Labute approximate surface area is 200 Å². The third-order valence-corrected chi connectivity index (χ3v) is 5.54. The fraction of sp³-hybridized carbons (Fsp3) is 0.333. The van der Waals surface area contributed by atoms with Crippen LogP contribution in [0.5, 0.6) is 11.5 Å². The Balaban J connectivity index is 1.85. The molecule has 2 amide bonds. The minimum absolute atomic E-state index is 0.0712. The van der Waals surface area contributed by atoms with E-state index in [-0.39, 0.29) is 24.4 Å². The van der Waals surface area contributed by atoms with Crippen molar-refractivity contribution in [1.82, 2.24) is 9.80 Å². The fourth-order valence-corrected chi connectivity index (χ4v) is 3.66. The van der Waals surface area contributed by atoms with Gasteiger partial charge in [0.1, 0.15) is 29.6 Å². The second-order valence-corrected chi connectivity index (χ2v) is 8.34. The van der Waals surface area contributed by atoms with Crippen LogP contribution in [0.4, 0.5) is 0 Å². The Kier molecular flexibility index (Phi) is 8.35. The molecule has 180 valence electrons. The quantitative estimate of drug-likeness (QED) is 0.435. The summed E-state index contributed by atoms with van der Waals surface area (Å²) < 4.78 is 16.4. The molecule has 1 heterocycles. The molecule has 0 aliphatic rings. The summed E-state index contributed by atoms with van der Waals surface area (Å²) in [6, 6.07) is 18.3. The first kappa shape index (κ1) is 24.9. The van der Waals surface area contributed by atoms with Crippen LogP contribution in [0, 0.1) is 6.92 Å². The highest BCUT2D eigenvalue weighted by molar-refractivity contribution is 5.99. The molecule has 7 nitrogen and oxygen atoms in total. The van der Waals surface area contributed by atoms with Crippen molar-refractivity contribution in [2.75, 3.05) is 20.8 Å². The molecule has 34 heavy (non-hydrogen) atoms. The van der Waals surface area contributed by atoms with Gasteiger partial charge in [-0.3, -0.25) is 9.59 Å². The maximum Gasteiger partial charge on any atom is 0.258 e. The molecule has 0 atom stereocenters. The van der Waals surface area contributed by atoms with E-state index in [1.165, 1.54) is 7.11 Å². The number of hydrogen-bond donors (Lipinski definition) is 0. The van der Waals surface area contributed by atoms with Crippen LogP contribution in [0.2, 0.25) is 0 Å². The molecule has 3 aromatic rings. The van der Waals surface area contributed by atoms with E-state index >= 15 is 0 Å². The molecule has 2 aromatic carbocycles. The van der Waals surface area contributed by atoms with Gasteiger partial charge in [-0.25, -0.2) is 0 Å². The summed E-state index contributed by atoms with van der Waals surface area (Å²) in [6.07, 6.45) is 0. The van der Waals surface area contributed by atoms with Crippen LogP contribution in [0.3, 0.4) is 0 Å². The fourth-order valence-electron chi connectivity index (χ4n) is 3.66. The minimum atomic E-state index is -0.281. The normalized spacial score (nSPS) is 10.8. The zero-order valence-corrected chi connectivity index (χ0v) is 20.4. The number of benzene rings is 2. The van der Waals surface area contributed by atoms with Gasteiger partial charge >= 0.3 is 0 Å². The molecule has 0 N–H and O–H groups in total. The van der Waals surface area contributed by atoms with Crippen LogP contribution < -0.4 is 9.47 Å². The minimum Gasteiger partial charge on any atom is -0.497 e. The van der Waals surface area contributed by atoms with Crippen molar-refractivity contribution in [2.24, 2.45) is 0 Å². The summed E-state index contributed by atoms with van der Waals surface area (Å²) in [6.45, 7) is 6.29. The van der Waals surface area contributed by atoms with E-state index in [9.17, 15) is 9.59 Å². The third-order valence-electron chi connectivity index (χ3n) is 5.54. The van der Waals surface area contributed by atoms with Crippen molar-refractivity contribution in [2.45, 2.75) is 39.9 Å². The van der Waals surface area contributed by atoms with Gasteiger partial charge in [-0.15, -0.1) is 0 Å². The van der Waals surface area contributed by atoms with Gasteiger partial charge in [0.2, 0.25) is 5.91 Å². The molecule has 0 bridgehead atoms. The molecule has 0 aliphatic carbocycles. The Hall–Kier alpha value is -3.74. The zero-order valence-electron chi connectivity index (χ0n) is 20.4. The van der Waals surface area contributed by atoms with Crippen LogP contribution in [-0.4, -0.2) is 48.4 Å². The SMILES string of the molecule is COc1ccc(C(=O)N(CC(=O)N(Cc2ccccc2)Cc2ccc(C)o2)C(C)C)c(OC)c1. The van der Waals surface area contributed by atoms with E-state index in [0.29, 0.717) is 35.9 Å². The van der Waals surface area contributed by atoms with E-state index in [1.54, 1.807) is 35.1 Å². The summed E-state index contributed by atoms with van der Waals surface area (Å²) in [5.74, 6) is 2.01. The maximum absolute atomic E-state index is 13.5. The number of carbonyl (C=O) groups is 2. The second kappa shape index (κ2) is 11.4. The molecule has 0 unspecified atom stereocenters. The van der Waals surface area contributed by atoms with Gasteiger partial charge in [0, 0.05) is 18.7 Å². The molecule has 0 aliphatic heterocycles. The van der Waals surface area contributed by atoms with Crippen LogP contribution in [0.15, 0.2) is 65.1 Å². The molecule has 0 saturated heterocycles. The van der Waals surface area contributed by atoms with E-state index in [4.69, 9.17) is 13.9 Å². The lowest BCUT2D eigenvalue weighted by Crippen LogP contribution is -2.45. The third kappa shape index (κ3) is 6.19. The second-order valence-electron chi connectivity index (χ2n) is 8.34. The van der Waals surface area contributed by atoms with Crippen molar-refractivity contribution < 1.29 is 23.5 Å². The van der Waals surface area contributed by atoms with Crippen molar-refractivity contribution in [1.29, 1.82) is 0 Å². The highest BCUT2D eigenvalue weighted by Gasteiger charge is 2.27. The number of aryl methyl sites for hydroxylation is 1. The van der Waals surface area contributed by atoms with Crippen LogP contribution >= 0.6 is 0 Å². The first-order valence-corrected chi connectivity index (χ1v) is 11.2. The highest BCUT2D eigenvalue weighted by Crippen LogP contribution is 2.26. The summed E-state index contributed by atoms with van der Waals surface area (Å²) in [5.41, 5.74) is 1.37. The maximum atomic E-state index is 13.5. The summed E-state index contributed by atoms with van der Waals surface area (Å²) >= 11 is 0. The van der Waals surface area contributed by atoms with Crippen LogP contribution in [0.1, 0.15) is 41.3 Å². The van der Waals surface area contributed by atoms with Gasteiger partial charge in [0.05, 0.1) is 26.3 Å². The monoisotopic (exact) mass is 464 g/mol. The number of rotatable bonds is 10. The smallest absolute Gasteiger partial charge is 0.258 e. The van der Waals surface area contributed by atoms with Gasteiger partial charge in [-0.05, 0) is 50.6 Å². The molecule has 0 saturated carbocycles. The number of carbonyl (C=O) groups excluding carboxylic acids is 2. The lowest BCUT2D eigenvalue weighted by Gasteiger charge is -2.30. The lowest BCUT2D eigenvalue weighted by molar-refractivity contribution is -0.133. The standard InChI is InChI=1S/C27H32N2O5/c1-19(2)29(27(31)24-14-13-22(32-4)15-25(24)33-5)18-26(30)28(16-21-9-7-6-8-10-21)17-23-12-11-20(3)34-23/h6-15,19H,16-18H2,1-5H3. The molecule has 0 radical (unpaired) electrons. The van der Waals surface area contributed by atoms with Gasteiger partial charge in [0.15, 0.2) is 0 Å². The predicted octanol–water partition coefficient (Wildman–Crippen LogP) is 4.68. The van der Waals surface area contributed by atoms with E-state index in [1.807, 2.05) is 63.2 Å². The van der Waals surface area contributed by atoms with Gasteiger partial charge in [0.25, 0.3) is 5.91 Å². The molecule has 3 rings (SSSR count). The Morgan fingerprint density at radius 2 is 1.68 bits per heavy atom. The first-order valence-electron chi connectivity index (χ1n) is 11.2. The lowest BCUT2D eigenvalue weighted by atomic mass is 10.1. The number of ether oxygens (including phenoxy) is 2. The molecular formula is C27H32N2O5. The number of nitrogens with zero attached hydrogens (tertiary/aromatic N) is 2. The van der Waals surface area contributed by atoms with Crippen molar-refractivity contribution in [3.63, 3.8) is 0 Å². The highest BCUT2D eigenvalue weighted by atomic mass is 16.5. The summed E-state index contributed by atoms with van der Waals surface area (Å²) in [5, 5.41) is 0. The first-order chi connectivity index (χ1) is 16.3. The van der Waals surface area contributed by atoms with Gasteiger partial charge in [-0.1, -0.05) is 30.3 Å². The molecule has 0 fully saturated rings. The largest absolute Gasteiger partial charge is 0.497 e. The van der Waals surface area contributed by atoms with Gasteiger partial charge < -0.3 is 23.7 Å². The number of methoxy groups -OCH3 is 2. The Morgan fingerprint density at radius 3 is 2.26 bits per heavy atom. The van der Waals surface area contributed by atoms with Crippen molar-refractivity contribution in [3.05, 3.63) is 83.3 Å². The topological polar surface area (TPSA) is 72.2 Å². The average molecular weight is 465 g/mol. The van der Waals surface area contributed by atoms with Crippen molar-refractivity contribution in [3.8, 4) is 11.5 Å². The Bertz CT molecular complexity index is 1110. The predicted molar refractivity (Wildman–Crippen MR) is 130 cm³/mol. The molecule has 1 aromatic heterocycles. The van der Waals surface area contributed by atoms with E-state index in [2.05, 4.69) is 0 Å².